The lowest BCUT2D eigenvalue weighted by Gasteiger charge is -2.16. The summed E-state index contributed by atoms with van der Waals surface area (Å²) in [5, 5.41) is 9.93. The summed E-state index contributed by atoms with van der Waals surface area (Å²) in [5.41, 5.74) is -2.77. The van der Waals surface area contributed by atoms with Crippen molar-refractivity contribution in [2.75, 3.05) is 5.32 Å². The predicted molar refractivity (Wildman–Crippen MR) is 55.7 cm³/mol. The van der Waals surface area contributed by atoms with Crippen LogP contribution >= 0.6 is 0 Å². The largest absolute Gasteiger partial charge is 0.416 e. The Morgan fingerprint density at radius 1 is 1.19 bits per heavy atom. The van der Waals surface area contributed by atoms with Crippen molar-refractivity contribution in [3.63, 3.8) is 0 Å². The van der Waals surface area contributed by atoms with E-state index in [0.29, 0.717) is 18.2 Å². The van der Waals surface area contributed by atoms with Crippen LogP contribution in [0.5, 0.6) is 0 Å². The van der Waals surface area contributed by atoms with Crippen molar-refractivity contribution in [2.24, 2.45) is 0 Å². The molecule has 114 valence electrons. The molecule has 0 aliphatic carbocycles. The normalized spacial score (nSPS) is 12.1. The van der Waals surface area contributed by atoms with E-state index in [2.05, 4.69) is 0 Å². The number of anilines is 1. The summed E-state index contributed by atoms with van der Waals surface area (Å²) in [5.74, 6) is -7.45. The lowest BCUT2D eigenvalue weighted by Crippen LogP contribution is -2.41. The first-order chi connectivity index (χ1) is 9.50. The summed E-state index contributed by atoms with van der Waals surface area (Å²) in [4.78, 5) is 11.0. The summed E-state index contributed by atoms with van der Waals surface area (Å²) in [6.45, 7) is 0. The molecule has 1 aromatic carbocycles. The van der Waals surface area contributed by atoms with Gasteiger partial charge in [0.15, 0.2) is 0 Å². The van der Waals surface area contributed by atoms with E-state index in [1.165, 1.54) is 11.4 Å². The molecule has 0 spiro atoms. The highest BCUT2D eigenvalue weighted by Gasteiger charge is 2.49. The van der Waals surface area contributed by atoms with Gasteiger partial charge in [0.25, 0.3) is 0 Å². The smallest absolute Gasteiger partial charge is 0.319 e. The minimum absolute atomic E-state index is 0.302. The van der Waals surface area contributed by atoms with E-state index < -0.39 is 41.2 Å². The predicted octanol–water partition coefficient (Wildman–Crippen LogP) is 3.42. The second-order valence-electron chi connectivity index (χ2n) is 3.75. The second-order valence-corrected chi connectivity index (χ2v) is 3.75. The van der Waals surface area contributed by atoms with Crippen LogP contribution in [0.25, 0.3) is 0 Å². The Bertz CT molecular complexity index is 589. The number of alkyl halides is 7. The molecule has 3 nitrogen and oxygen atoms in total. The third kappa shape index (κ3) is 3.62. The Labute approximate surface area is 113 Å². The minimum atomic E-state index is -5.03. The number of carbonyl (C=O) groups is 1. The van der Waals surface area contributed by atoms with E-state index in [4.69, 9.17) is 5.26 Å². The van der Waals surface area contributed by atoms with E-state index in [-0.39, 0.29) is 0 Å². The van der Waals surface area contributed by atoms with Gasteiger partial charge in [-0.15, -0.1) is 0 Å². The Morgan fingerprint density at radius 2 is 1.76 bits per heavy atom. The molecule has 0 aliphatic heterocycles. The first-order valence-corrected chi connectivity index (χ1v) is 5.09. The van der Waals surface area contributed by atoms with Crippen LogP contribution in [0.4, 0.5) is 36.4 Å². The fourth-order valence-corrected chi connectivity index (χ4v) is 1.23. The van der Waals surface area contributed by atoms with Gasteiger partial charge in [-0.05, 0) is 18.2 Å². The molecule has 1 rings (SSSR count). The monoisotopic (exact) mass is 314 g/mol. The number of hydrogen-bond acceptors (Lipinski definition) is 2. The number of carbonyl (C=O) groups excluding carboxylic acids is 1. The van der Waals surface area contributed by atoms with E-state index >= 15 is 0 Å². The number of nitrogens with zero attached hydrogens (tertiary/aromatic N) is 1. The van der Waals surface area contributed by atoms with E-state index in [1.807, 2.05) is 0 Å². The molecular weight excluding hydrogens is 309 g/mol. The van der Waals surface area contributed by atoms with Crippen molar-refractivity contribution in [3.8, 4) is 6.07 Å². The molecule has 0 heterocycles. The van der Waals surface area contributed by atoms with Crippen molar-refractivity contribution >= 4 is 11.6 Å². The average molecular weight is 314 g/mol. The summed E-state index contributed by atoms with van der Waals surface area (Å²) >= 11 is 0. The third-order valence-electron chi connectivity index (χ3n) is 2.29. The standard InChI is InChI=1S/C11H5F7N2O/c12-8(13)10(14,15)9(21)20-7-2-1-6(11(16,17)18)3-5(7)4-19/h1-3,8H,(H,20,21). The third-order valence-corrected chi connectivity index (χ3v) is 2.29. The molecule has 0 saturated heterocycles. The van der Waals surface area contributed by atoms with Gasteiger partial charge in [-0.3, -0.25) is 4.79 Å². The molecule has 0 aliphatic rings. The second kappa shape index (κ2) is 5.59. The highest BCUT2D eigenvalue weighted by Crippen LogP contribution is 2.32. The van der Waals surface area contributed by atoms with Crippen LogP contribution in [0.1, 0.15) is 11.1 Å². The Balaban J connectivity index is 3.12. The van der Waals surface area contributed by atoms with Gasteiger partial charge in [0.05, 0.1) is 16.8 Å². The topological polar surface area (TPSA) is 52.9 Å². The van der Waals surface area contributed by atoms with E-state index in [1.54, 1.807) is 0 Å². The number of benzene rings is 1. The van der Waals surface area contributed by atoms with Gasteiger partial charge in [0.2, 0.25) is 0 Å². The van der Waals surface area contributed by atoms with Gasteiger partial charge >= 0.3 is 24.4 Å². The fourth-order valence-electron chi connectivity index (χ4n) is 1.23. The van der Waals surface area contributed by atoms with Crippen LogP contribution in [-0.4, -0.2) is 18.3 Å². The number of hydrogen-bond donors (Lipinski definition) is 1. The molecule has 0 fully saturated rings. The zero-order valence-corrected chi connectivity index (χ0v) is 9.81. The van der Waals surface area contributed by atoms with Crippen molar-refractivity contribution < 1.29 is 35.5 Å². The van der Waals surface area contributed by atoms with Gasteiger partial charge in [-0.2, -0.15) is 27.2 Å². The summed E-state index contributed by atoms with van der Waals surface area (Å²) in [7, 11) is 0. The summed E-state index contributed by atoms with van der Waals surface area (Å²) < 4.78 is 86.4. The zero-order valence-electron chi connectivity index (χ0n) is 9.81. The lowest BCUT2D eigenvalue weighted by atomic mass is 10.1. The van der Waals surface area contributed by atoms with Crippen LogP contribution in [0.15, 0.2) is 18.2 Å². The molecule has 1 aromatic rings. The summed E-state index contributed by atoms with van der Waals surface area (Å²) in [6.07, 6.45) is -9.08. The first kappa shape index (κ1) is 16.7. The zero-order chi connectivity index (χ0) is 16.4. The van der Waals surface area contributed by atoms with E-state index in [0.717, 1.165) is 0 Å². The van der Waals surface area contributed by atoms with Gasteiger partial charge in [0.1, 0.15) is 6.07 Å². The fraction of sp³-hybridized carbons (Fsp3) is 0.273. The number of amides is 1. The first-order valence-electron chi connectivity index (χ1n) is 5.09. The van der Waals surface area contributed by atoms with Crippen molar-refractivity contribution in [2.45, 2.75) is 18.5 Å². The summed E-state index contributed by atoms with van der Waals surface area (Å²) in [6, 6.07) is 2.49. The van der Waals surface area contributed by atoms with Crippen molar-refractivity contribution in [1.82, 2.24) is 0 Å². The molecule has 1 N–H and O–H groups in total. The number of nitrogens with one attached hydrogen (secondary N) is 1. The quantitative estimate of drug-likeness (QED) is 0.869. The van der Waals surface area contributed by atoms with Crippen LogP contribution in [-0.2, 0) is 11.0 Å². The van der Waals surface area contributed by atoms with Gasteiger partial charge in [-0.25, -0.2) is 8.78 Å². The molecule has 0 radical (unpaired) electrons. The Kier molecular flexibility index (Phi) is 4.46. The van der Waals surface area contributed by atoms with Crippen LogP contribution in [0.3, 0.4) is 0 Å². The Hall–Kier alpha value is -2.31. The van der Waals surface area contributed by atoms with Gasteiger partial charge in [-0.1, -0.05) is 0 Å². The molecule has 0 saturated carbocycles. The highest BCUT2D eigenvalue weighted by molar-refractivity contribution is 5.97. The molecular formula is C11H5F7N2O. The molecule has 0 aromatic heterocycles. The molecule has 0 atom stereocenters. The lowest BCUT2D eigenvalue weighted by molar-refractivity contribution is -0.163. The number of halogens is 7. The molecule has 0 bridgehead atoms. The number of nitriles is 1. The number of rotatable bonds is 3. The SMILES string of the molecule is N#Cc1cc(C(F)(F)F)ccc1NC(=O)C(F)(F)C(F)F. The minimum Gasteiger partial charge on any atom is -0.319 e. The van der Waals surface area contributed by atoms with Gasteiger partial charge in [0, 0.05) is 0 Å². The van der Waals surface area contributed by atoms with E-state index in [9.17, 15) is 35.5 Å². The molecule has 10 heteroatoms. The van der Waals surface area contributed by atoms with Crippen LogP contribution in [0, 0.1) is 11.3 Å². The van der Waals surface area contributed by atoms with Crippen molar-refractivity contribution in [3.05, 3.63) is 29.3 Å². The van der Waals surface area contributed by atoms with Crippen molar-refractivity contribution in [1.29, 1.82) is 5.26 Å². The molecule has 21 heavy (non-hydrogen) atoms. The van der Waals surface area contributed by atoms with Gasteiger partial charge < -0.3 is 5.32 Å². The highest BCUT2D eigenvalue weighted by atomic mass is 19.4. The van der Waals surface area contributed by atoms with Crippen LogP contribution < -0.4 is 5.32 Å². The average Bonchev–Trinajstić information content (AvgIpc) is 2.37. The molecule has 1 amide bonds. The maximum absolute atomic E-state index is 12.7. The maximum Gasteiger partial charge on any atom is 0.416 e. The molecule has 0 unspecified atom stereocenters. The Morgan fingerprint density at radius 3 is 2.19 bits per heavy atom. The van der Waals surface area contributed by atoms with Crippen LogP contribution in [0.2, 0.25) is 0 Å². The maximum atomic E-state index is 12.7.